The Morgan fingerprint density at radius 2 is 1.65 bits per heavy atom. The smallest absolute Gasteiger partial charge is 0.329 e. The van der Waals surface area contributed by atoms with Gasteiger partial charge in [-0.15, -0.1) is 0 Å². The highest BCUT2D eigenvalue weighted by molar-refractivity contribution is 7.89. The number of nitrogens with zero attached hydrogens (tertiary/aromatic N) is 2. The summed E-state index contributed by atoms with van der Waals surface area (Å²) in [5.74, 6) is -2.56. The topological polar surface area (TPSA) is 149 Å². The van der Waals surface area contributed by atoms with Gasteiger partial charge in [-0.1, -0.05) is 54.1 Å². The molecule has 2 aromatic carbocycles. The number of pyridine rings is 1. The monoisotopic (exact) mass is 566 g/mol. The second kappa shape index (κ2) is 14.5. The average Bonchev–Trinajstić information content (AvgIpc) is 2.96. The number of hydrogen-bond acceptors (Lipinski definition) is 8. The van der Waals surface area contributed by atoms with Gasteiger partial charge in [-0.05, 0) is 69.0 Å². The molecule has 0 aliphatic rings. The molecule has 1 aromatic heterocycles. The number of esters is 1. The third-order valence-corrected chi connectivity index (χ3v) is 7.75. The number of methoxy groups -OCH3 is 1. The van der Waals surface area contributed by atoms with E-state index in [-0.39, 0.29) is 23.4 Å². The number of hydrogen-bond donors (Lipinski definition) is 2. The van der Waals surface area contributed by atoms with Gasteiger partial charge in [0.25, 0.3) is 5.91 Å². The summed E-state index contributed by atoms with van der Waals surface area (Å²) < 4.78 is 34.2. The van der Waals surface area contributed by atoms with Crippen LogP contribution in [0, 0.1) is 6.92 Å². The van der Waals surface area contributed by atoms with Crippen molar-refractivity contribution in [1.82, 2.24) is 14.6 Å². The molecule has 0 unspecified atom stereocenters. The summed E-state index contributed by atoms with van der Waals surface area (Å²) >= 11 is 0. The van der Waals surface area contributed by atoms with E-state index in [1.807, 2.05) is 6.92 Å². The predicted molar refractivity (Wildman–Crippen MR) is 150 cm³/mol. The molecule has 3 rings (SSSR count). The lowest BCUT2D eigenvalue weighted by molar-refractivity contribution is -0.151. The van der Waals surface area contributed by atoms with Gasteiger partial charge in [0.2, 0.25) is 15.9 Å². The number of sulfonamides is 1. The Hall–Kier alpha value is -3.93. The van der Waals surface area contributed by atoms with Gasteiger partial charge in [0, 0.05) is 6.20 Å². The predicted octanol–water partition coefficient (Wildman–Crippen LogP) is 2.62. The number of nitrogens with one attached hydrogen (secondary N) is 1. The lowest BCUT2D eigenvalue weighted by atomic mass is 10.0. The summed E-state index contributed by atoms with van der Waals surface area (Å²) in [7, 11) is -3.03. The Bertz CT molecular complexity index is 1380. The number of carbonyl (C=O) groups is 3. The largest absolute Gasteiger partial charge is 0.467 e. The molecule has 2 atom stereocenters. The van der Waals surface area contributed by atoms with Crippen molar-refractivity contribution < 1.29 is 27.5 Å². The third kappa shape index (κ3) is 8.04. The van der Waals surface area contributed by atoms with Crippen LogP contribution in [0.4, 0.5) is 0 Å². The highest BCUT2D eigenvalue weighted by Crippen LogP contribution is 2.19. The van der Waals surface area contributed by atoms with Crippen LogP contribution in [0.3, 0.4) is 0 Å². The zero-order valence-electron chi connectivity index (χ0n) is 22.5. The minimum atomic E-state index is -4.19. The number of aromatic nitrogens is 1. The van der Waals surface area contributed by atoms with E-state index in [9.17, 15) is 22.8 Å². The lowest BCUT2D eigenvalue weighted by Crippen LogP contribution is -2.57. The molecule has 40 heavy (non-hydrogen) atoms. The summed E-state index contributed by atoms with van der Waals surface area (Å²) in [4.78, 5) is 45.7. The van der Waals surface area contributed by atoms with Crippen molar-refractivity contribution in [2.24, 2.45) is 5.73 Å². The van der Waals surface area contributed by atoms with E-state index >= 15 is 0 Å². The van der Waals surface area contributed by atoms with Gasteiger partial charge in [0.1, 0.15) is 17.8 Å². The van der Waals surface area contributed by atoms with E-state index in [0.717, 1.165) is 17.6 Å². The summed E-state index contributed by atoms with van der Waals surface area (Å²) in [6.45, 7) is 2.17. The van der Waals surface area contributed by atoms with Gasteiger partial charge in [-0.2, -0.15) is 4.72 Å². The molecule has 0 saturated carbocycles. The molecule has 1 heterocycles. The molecule has 3 N–H and O–H groups in total. The minimum Gasteiger partial charge on any atom is -0.467 e. The molecule has 0 saturated heterocycles. The first-order chi connectivity index (χ1) is 19.2. The van der Waals surface area contributed by atoms with Crippen LogP contribution in [0.25, 0.3) is 0 Å². The van der Waals surface area contributed by atoms with Gasteiger partial charge in [0.15, 0.2) is 0 Å². The second-order valence-corrected chi connectivity index (χ2v) is 10.9. The van der Waals surface area contributed by atoms with E-state index in [0.29, 0.717) is 24.9 Å². The van der Waals surface area contributed by atoms with Crippen molar-refractivity contribution in [1.29, 1.82) is 0 Å². The zero-order valence-corrected chi connectivity index (χ0v) is 23.3. The van der Waals surface area contributed by atoms with Gasteiger partial charge >= 0.3 is 5.97 Å². The van der Waals surface area contributed by atoms with Crippen LogP contribution in [0.2, 0.25) is 0 Å². The maximum absolute atomic E-state index is 14.2. The molecular formula is C29H34N4O6S. The molecule has 0 bridgehead atoms. The van der Waals surface area contributed by atoms with Crippen LogP contribution in [0.1, 0.15) is 40.9 Å². The summed E-state index contributed by atoms with van der Waals surface area (Å²) in [6.07, 6.45) is 2.36. The summed E-state index contributed by atoms with van der Waals surface area (Å²) in [6, 6.07) is 16.8. The van der Waals surface area contributed by atoms with Crippen molar-refractivity contribution in [3.05, 3.63) is 95.8 Å². The maximum atomic E-state index is 14.2. The van der Waals surface area contributed by atoms with E-state index < -0.39 is 39.9 Å². The average molecular weight is 567 g/mol. The number of carbonyl (C=O) groups excluding carboxylic acids is 3. The Labute approximate surface area is 234 Å². The van der Waals surface area contributed by atoms with Crippen LogP contribution in [0.5, 0.6) is 0 Å². The molecule has 2 amide bonds. The number of amides is 2. The molecule has 0 spiro atoms. The first-order valence-corrected chi connectivity index (χ1v) is 14.4. The fraction of sp³-hybridized carbons (Fsp3) is 0.310. The number of benzene rings is 2. The van der Waals surface area contributed by atoms with Crippen molar-refractivity contribution in [3.8, 4) is 0 Å². The number of ether oxygens (including phenoxy) is 1. The lowest BCUT2D eigenvalue weighted by Gasteiger charge is -2.31. The van der Waals surface area contributed by atoms with E-state index in [4.69, 9.17) is 10.5 Å². The molecule has 11 heteroatoms. The number of imide groups is 1. The number of rotatable bonds is 13. The van der Waals surface area contributed by atoms with Crippen molar-refractivity contribution in [2.45, 2.75) is 49.6 Å². The summed E-state index contributed by atoms with van der Waals surface area (Å²) in [5.41, 5.74) is 7.06. The van der Waals surface area contributed by atoms with Crippen LogP contribution in [0.15, 0.2) is 83.9 Å². The van der Waals surface area contributed by atoms with Crippen molar-refractivity contribution >= 4 is 27.8 Å². The number of unbranched alkanes of at least 4 members (excludes halogenated alkanes) is 1. The Balaban J connectivity index is 2.09. The van der Waals surface area contributed by atoms with Crippen LogP contribution >= 0.6 is 0 Å². The number of aryl methyl sites for hydroxylation is 1. The summed E-state index contributed by atoms with van der Waals surface area (Å²) in [5, 5.41) is 0. The van der Waals surface area contributed by atoms with Gasteiger partial charge in [0.05, 0.1) is 12.0 Å². The van der Waals surface area contributed by atoms with Gasteiger partial charge in [-0.3, -0.25) is 19.5 Å². The molecule has 10 nitrogen and oxygen atoms in total. The van der Waals surface area contributed by atoms with E-state index in [1.54, 1.807) is 54.6 Å². The van der Waals surface area contributed by atoms with Gasteiger partial charge < -0.3 is 10.5 Å². The molecule has 0 aliphatic carbocycles. The van der Waals surface area contributed by atoms with Crippen LogP contribution in [-0.2, 0) is 30.8 Å². The van der Waals surface area contributed by atoms with Crippen molar-refractivity contribution in [3.63, 3.8) is 0 Å². The molecule has 0 aliphatic heterocycles. The van der Waals surface area contributed by atoms with Crippen molar-refractivity contribution in [2.75, 3.05) is 13.7 Å². The second-order valence-electron chi connectivity index (χ2n) is 9.23. The molecule has 3 aromatic rings. The molecule has 212 valence electrons. The third-order valence-electron chi connectivity index (χ3n) is 6.27. The molecule has 0 fully saturated rings. The minimum absolute atomic E-state index is 0.0426. The Morgan fingerprint density at radius 3 is 2.25 bits per heavy atom. The first kappa shape index (κ1) is 30.6. The highest BCUT2D eigenvalue weighted by Gasteiger charge is 2.40. The normalized spacial score (nSPS) is 12.8. The van der Waals surface area contributed by atoms with Crippen LogP contribution in [-0.4, -0.2) is 61.8 Å². The zero-order chi connectivity index (χ0) is 29.1. The first-order valence-electron chi connectivity index (χ1n) is 12.9. The van der Waals surface area contributed by atoms with Gasteiger partial charge in [-0.25, -0.2) is 13.2 Å². The fourth-order valence-electron chi connectivity index (χ4n) is 4.15. The quantitative estimate of drug-likeness (QED) is 0.237. The Kier molecular flexibility index (Phi) is 11.1. The SMILES string of the molecule is COC(=O)[C@H](CCCCN)N(C(=O)c1ccccn1)C(=O)[C@H](Cc1ccccc1)NS(=O)(=O)c1ccc(C)cc1. The fourth-order valence-corrected chi connectivity index (χ4v) is 5.34. The maximum Gasteiger partial charge on any atom is 0.329 e. The Morgan fingerprint density at radius 1 is 0.975 bits per heavy atom. The molecule has 0 radical (unpaired) electrons. The van der Waals surface area contributed by atoms with E-state index in [2.05, 4.69) is 9.71 Å². The standard InChI is InChI=1S/C29H34N4O6S/c1-21-14-16-23(17-15-21)40(37,38)32-25(20-22-10-4-3-5-11-22)28(35)33(27(34)24-12-7-9-19-31-24)26(29(36)39-2)13-6-8-18-30/h3-5,7,9-12,14-17,19,25-26,32H,6,8,13,18,20,30H2,1-2H3/t25-,26-/m0/s1. The number of nitrogens with two attached hydrogens (primary N) is 1. The van der Waals surface area contributed by atoms with E-state index in [1.165, 1.54) is 24.4 Å². The molecular weight excluding hydrogens is 532 g/mol. The highest BCUT2D eigenvalue weighted by atomic mass is 32.2. The van der Waals surface area contributed by atoms with Crippen LogP contribution < -0.4 is 10.5 Å².